The standard InChI is InChI=1S/C22H20Cl2N2O2/c1-15-13-18(10-11-19(15)23)28-16(2)22(27)26(21-9-5-6-12-25-21)14-17-7-3-4-8-20(17)24/h3-13,16H,14H2,1-2H3/t16-/m0/s1. The van der Waals surface area contributed by atoms with Crippen LogP contribution in [0.25, 0.3) is 0 Å². The number of aromatic nitrogens is 1. The lowest BCUT2D eigenvalue weighted by Crippen LogP contribution is -2.40. The van der Waals surface area contributed by atoms with Crippen molar-refractivity contribution >= 4 is 34.9 Å². The molecule has 28 heavy (non-hydrogen) atoms. The van der Waals surface area contributed by atoms with Crippen LogP contribution in [0.3, 0.4) is 0 Å². The maximum Gasteiger partial charge on any atom is 0.269 e. The Labute approximate surface area is 174 Å². The normalized spacial score (nSPS) is 11.7. The first-order valence-corrected chi connectivity index (χ1v) is 9.60. The predicted molar refractivity (Wildman–Crippen MR) is 113 cm³/mol. The summed E-state index contributed by atoms with van der Waals surface area (Å²) in [7, 11) is 0. The van der Waals surface area contributed by atoms with Gasteiger partial charge in [0.05, 0.1) is 6.54 Å². The monoisotopic (exact) mass is 414 g/mol. The molecule has 0 saturated heterocycles. The quantitative estimate of drug-likeness (QED) is 0.519. The average molecular weight is 415 g/mol. The highest BCUT2D eigenvalue weighted by Crippen LogP contribution is 2.24. The van der Waals surface area contributed by atoms with Gasteiger partial charge in [0.25, 0.3) is 5.91 Å². The van der Waals surface area contributed by atoms with Crippen molar-refractivity contribution in [3.63, 3.8) is 0 Å². The maximum absolute atomic E-state index is 13.2. The van der Waals surface area contributed by atoms with Crippen molar-refractivity contribution in [3.05, 3.63) is 88.0 Å². The average Bonchev–Trinajstić information content (AvgIpc) is 2.70. The molecule has 0 spiro atoms. The number of benzene rings is 2. The first-order chi connectivity index (χ1) is 13.5. The van der Waals surface area contributed by atoms with E-state index < -0.39 is 6.10 Å². The SMILES string of the molecule is Cc1cc(O[C@@H](C)C(=O)N(Cc2ccccc2Cl)c2ccccn2)ccc1Cl. The number of hydrogen-bond acceptors (Lipinski definition) is 3. The molecule has 0 bridgehead atoms. The van der Waals surface area contributed by atoms with Crippen LogP contribution in [0.2, 0.25) is 10.0 Å². The topological polar surface area (TPSA) is 42.4 Å². The molecule has 0 radical (unpaired) electrons. The molecule has 0 unspecified atom stereocenters. The lowest BCUT2D eigenvalue weighted by Gasteiger charge is -2.26. The number of amides is 1. The first kappa shape index (κ1) is 20.2. The molecule has 0 aliphatic carbocycles. The smallest absolute Gasteiger partial charge is 0.269 e. The number of carbonyl (C=O) groups is 1. The van der Waals surface area contributed by atoms with E-state index in [1.165, 1.54) is 0 Å². The number of carbonyl (C=O) groups excluding carboxylic acids is 1. The first-order valence-electron chi connectivity index (χ1n) is 8.84. The van der Waals surface area contributed by atoms with Gasteiger partial charge in [-0.1, -0.05) is 47.5 Å². The van der Waals surface area contributed by atoms with Crippen LogP contribution in [0.4, 0.5) is 5.82 Å². The molecule has 4 nitrogen and oxygen atoms in total. The predicted octanol–water partition coefficient (Wildman–Crippen LogP) is 5.70. The van der Waals surface area contributed by atoms with E-state index >= 15 is 0 Å². The largest absolute Gasteiger partial charge is 0.481 e. The van der Waals surface area contributed by atoms with Crippen LogP contribution in [-0.4, -0.2) is 17.0 Å². The summed E-state index contributed by atoms with van der Waals surface area (Å²) in [6.07, 6.45) is 0.932. The van der Waals surface area contributed by atoms with E-state index in [1.54, 1.807) is 48.4 Å². The van der Waals surface area contributed by atoms with Gasteiger partial charge in [-0.3, -0.25) is 9.69 Å². The highest BCUT2D eigenvalue weighted by atomic mass is 35.5. The highest BCUT2D eigenvalue weighted by molar-refractivity contribution is 6.31. The molecule has 0 fully saturated rings. The molecule has 0 N–H and O–H groups in total. The third-order valence-electron chi connectivity index (χ3n) is 4.27. The van der Waals surface area contributed by atoms with E-state index in [2.05, 4.69) is 4.98 Å². The van der Waals surface area contributed by atoms with Crippen molar-refractivity contribution in [2.45, 2.75) is 26.5 Å². The fourth-order valence-electron chi connectivity index (χ4n) is 2.75. The molecular weight excluding hydrogens is 395 g/mol. The van der Waals surface area contributed by atoms with Crippen LogP contribution in [-0.2, 0) is 11.3 Å². The number of aryl methyl sites for hydroxylation is 1. The molecule has 6 heteroatoms. The van der Waals surface area contributed by atoms with Crippen LogP contribution in [0.1, 0.15) is 18.1 Å². The van der Waals surface area contributed by atoms with Gasteiger partial charge in [0, 0.05) is 16.2 Å². The number of anilines is 1. The summed E-state index contributed by atoms with van der Waals surface area (Å²) in [5.41, 5.74) is 1.72. The van der Waals surface area contributed by atoms with Gasteiger partial charge in [-0.25, -0.2) is 4.98 Å². The summed E-state index contributed by atoms with van der Waals surface area (Å²) in [6.45, 7) is 3.90. The Morgan fingerprint density at radius 2 is 1.82 bits per heavy atom. The van der Waals surface area contributed by atoms with Gasteiger partial charge in [-0.2, -0.15) is 0 Å². The van der Waals surface area contributed by atoms with Crippen molar-refractivity contribution in [3.8, 4) is 5.75 Å². The highest BCUT2D eigenvalue weighted by Gasteiger charge is 2.25. The number of ether oxygens (including phenoxy) is 1. The van der Waals surface area contributed by atoms with Crippen molar-refractivity contribution in [2.75, 3.05) is 4.90 Å². The summed E-state index contributed by atoms with van der Waals surface area (Å²) in [5.74, 6) is 0.905. The molecule has 0 aliphatic heterocycles. The molecule has 0 saturated carbocycles. The van der Waals surface area contributed by atoms with Crippen molar-refractivity contribution < 1.29 is 9.53 Å². The Balaban J connectivity index is 1.85. The minimum absolute atomic E-state index is 0.216. The van der Waals surface area contributed by atoms with Gasteiger partial charge in [0.2, 0.25) is 0 Å². The lowest BCUT2D eigenvalue weighted by molar-refractivity contribution is -0.124. The zero-order valence-corrected chi connectivity index (χ0v) is 17.1. The van der Waals surface area contributed by atoms with Gasteiger partial charge in [0.15, 0.2) is 6.10 Å². The van der Waals surface area contributed by atoms with Crippen molar-refractivity contribution in [1.29, 1.82) is 0 Å². The molecule has 1 atom stereocenters. The zero-order valence-electron chi connectivity index (χ0n) is 15.6. The van der Waals surface area contributed by atoms with Gasteiger partial charge in [-0.15, -0.1) is 0 Å². The summed E-state index contributed by atoms with van der Waals surface area (Å²) in [4.78, 5) is 19.1. The summed E-state index contributed by atoms with van der Waals surface area (Å²) >= 11 is 12.4. The van der Waals surface area contributed by atoms with Gasteiger partial charge in [-0.05, 0) is 61.4 Å². The molecule has 144 valence electrons. The van der Waals surface area contributed by atoms with Crippen molar-refractivity contribution in [2.24, 2.45) is 0 Å². The molecule has 1 heterocycles. The second kappa shape index (κ2) is 9.09. The molecule has 2 aromatic carbocycles. The summed E-state index contributed by atoms with van der Waals surface area (Å²) in [6, 6.07) is 18.2. The number of rotatable bonds is 6. The molecule has 3 rings (SSSR count). The maximum atomic E-state index is 13.2. The fraction of sp³-hybridized carbons (Fsp3) is 0.182. The van der Waals surface area contributed by atoms with Crippen LogP contribution >= 0.6 is 23.2 Å². The molecular formula is C22H20Cl2N2O2. The molecule has 1 amide bonds. The van der Waals surface area contributed by atoms with Crippen LogP contribution in [0, 0.1) is 6.92 Å². The number of nitrogens with zero attached hydrogens (tertiary/aromatic N) is 2. The zero-order chi connectivity index (χ0) is 20.1. The minimum Gasteiger partial charge on any atom is -0.481 e. The third-order valence-corrected chi connectivity index (χ3v) is 5.06. The fourth-order valence-corrected chi connectivity index (χ4v) is 3.06. The van der Waals surface area contributed by atoms with Crippen molar-refractivity contribution in [1.82, 2.24) is 4.98 Å². The Morgan fingerprint density at radius 1 is 1.07 bits per heavy atom. The summed E-state index contributed by atoms with van der Waals surface area (Å²) in [5, 5.41) is 1.25. The van der Waals surface area contributed by atoms with E-state index in [-0.39, 0.29) is 5.91 Å². The van der Waals surface area contributed by atoms with Crippen LogP contribution < -0.4 is 9.64 Å². The van der Waals surface area contributed by atoms with Gasteiger partial charge >= 0.3 is 0 Å². The van der Waals surface area contributed by atoms with E-state index in [4.69, 9.17) is 27.9 Å². The number of pyridine rings is 1. The molecule has 0 aliphatic rings. The number of halogens is 2. The van der Waals surface area contributed by atoms with E-state index in [1.807, 2.05) is 37.3 Å². The summed E-state index contributed by atoms with van der Waals surface area (Å²) < 4.78 is 5.87. The third kappa shape index (κ3) is 4.83. The van der Waals surface area contributed by atoms with Crippen LogP contribution in [0.15, 0.2) is 66.9 Å². The Kier molecular flexibility index (Phi) is 6.55. The Morgan fingerprint density at radius 3 is 2.50 bits per heavy atom. The minimum atomic E-state index is -0.718. The Hall–Kier alpha value is -2.56. The van der Waals surface area contributed by atoms with Gasteiger partial charge < -0.3 is 4.74 Å². The Bertz CT molecular complexity index is 964. The molecule has 1 aromatic heterocycles. The van der Waals surface area contributed by atoms with E-state index in [0.29, 0.717) is 28.2 Å². The van der Waals surface area contributed by atoms with E-state index in [9.17, 15) is 4.79 Å². The molecule has 3 aromatic rings. The van der Waals surface area contributed by atoms with E-state index in [0.717, 1.165) is 11.1 Å². The van der Waals surface area contributed by atoms with Crippen LogP contribution in [0.5, 0.6) is 5.75 Å². The lowest BCUT2D eigenvalue weighted by atomic mass is 10.2. The number of hydrogen-bond donors (Lipinski definition) is 0. The second-order valence-corrected chi connectivity index (χ2v) is 7.19. The second-order valence-electron chi connectivity index (χ2n) is 6.37. The van der Waals surface area contributed by atoms with Gasteiger partial charge in [0.1, 0.15) is 11.6 Å².